The number of benzene rings is 1. The number of ether oxygens (including phenoxy) is 1. The monoisotopic (exact) mass is 289 g/mol. The van der Waals surface area contributed by atoms with Crippen LogP contribution in [-0.4, -0.2) is 18.6 Å². The molecule has 2 N–H and O–H groups in total. The van der Waals surface area contributed by atoms with Crippen molar-refractivity contribution in [2.24, 2.45) is 5.73 Å². The first-order chi connectivity index (χ1) is 8.51. The van der Waals surface area contributed by atoms with Gasteiger partial charge in [-0.1, -0.05) is 23.2 Å². The number of hydrogen-bond donors (Lipinski definition) is 1. The molecule has 0 radical (unpaired) electrons. The van der Waals surface area contributed by atoms with Crippen molar-refractivity contribution in [1.82, 2.24) is 0 Å². The van der Waals surface area contributed by atoms with Crippen LogP contribution < -0.4 is 5.73 Å². The van der Waals surface area contributed by atoms with E-state index < -0.39 is 0 Å². The summed E-state index contributed by atoms with van der Waals surface area (Å²) < 4.78 is 4.84. The highest BCUT2D eigenvalue weighted by molar-refractivity contribution is 6.34. The first-order valence-corrected chi connectivity index (χ1v) is 6.63. The van der Waals surface area contributed by atoms with Crippen LogP contribution in [0, 0.1) is 0 Å². The Morgan fingerprint density at radius 1 is 1.33 bits per heavy atom. The third kappa shape index (κ3) is 5.71. The third-order valence-corrected chi connectivity index (χ3v) is 2.88. The van der Waals surface area contributed by atoms with Gasteiger partial charge in [0, 0.05) is 22.5 Å². The standard InChI is InChI=1S/C13H17Cl2NO2/c1-2-18-13(17)4-3-12(16)7-9-5-10(14)8-11(15)6-9/h5-6,8,12H,2-4,7,16H2,1H3. The van der Waals surface area contributed by atoms with E-state index in [0.717, 1.165) is 5.56 Å². The summed E-state index contributed by atoms with van der Waals surface area (Å²) in [6.45, 7) is 2.18. The molecular weight excluding hydrogens is 273 g/mol. The Kier molecular flexibility index (Phi) is 6.47. The lowest BCUT2D eigenvalue weighted by molar-refractivity contribution is -0.143. The molecule has 18 heavy (non-hydrogen) atoms. The summed E-state index contributed by atoms with van der Waals surface area (Å²) in [4.78, 5) is 11.2. The minimum absolute atomic E-state index is 0.107. The number of carbonyl (C=O) groups is 1. The Hall–Kier alpha value is -0.770. The molecule has 0 amide bonds. The van der Waals surface area contributed by atoms with Gasteiger partial charge in [-0.15, -0.1) is 0 Å². The van der Waals surface area contributed by atoms with Crippen LogP contribution in [0.5, 0.6) is 0 Å². The van der Waals surface area contributed by atoms with E-state index in [-0.39, 0.29) is 12.0 Å². The van der Waals surface area contributed by atoms with E-state index in [1.54, 1.807) is 13.0 Å². The van der Waals surface area contributed by atoms with E-state index in [1.807, 2.05) is 12.1 Å². The first-order valence-electron chi connectivity index (χ1n) is 5.87. The lowest BCUT2D eigenvalue weighted by Gasteiger charge is -2.11. The van der Waals surface area contributed by atoms with Gasteiger partial charge in [0.1, 0.15) is 0 Å². The van der Waals surface area contributed by atoms with Gasteiger partial charge >= 0.3 is 5.97 Å². The van der Waals surface area contributed by atoms with Gasteiger partial charge in [0.15, 0.2) is 0 Å². The summed E-state index contributed by atoms with van der Waals surface area (Å²) in [5.74, 6) is -0.211. The summed E-state index contributed by atoms with van der Waals surface area (Å²) in [7, 11) is 0. The normalized spacial score (nSPS) is 12.2. The Bertz CT molecular complexity index is 390. The first kappa shape index (κ1) is 15.3. The van der Waals surface area contributed by atoms with Crippen LogP contribution in [0.25, 0.3) is 0 Å². The number of carbonyl (C=O) groups excluding carboxylic acids is 1. The summed E-state index contributed by atoms with van der Waals surface area (Å²) in [5, 5.41) is 1.19. The Labute approximate surface area is 117 Å². The molecule has 100 valence electrons. The molecule has 1 rings (SSSR count). The second-order valence-electron chi connectivity index (χ2n) is 4.09. The van der Waals surface area contributed by atoms with Crippen LogP contribution in [0.1, 0.15) is 25.3 Å². The van der Waals surface area contributed by atoms with Gasteiger partial charge in [0.05, 0.1) is 6.61 Å². The van der Waals surface area contributed by atoms with E-state index in [1.165, 1.54) is 0 Å². The largest absolute Gasteiger partial charge is 0.466 e. The number of halogens is 2. The van der Waals surface area contributed by atoms with E-state index in [4.69, 9.17) is 33.7 Å². The van der Waals surface area contributed by atoms with Crippen molar-refractivity contribution in [2.75, 3.05) is 6.61 Å². The van der Waals surface area contributed by atoms with Crippen LogP contribution >= 0.6 is 23.2 Å². The van der Waals surface area contributed by atoms with Crippen molar-refractivity contribution < 1.29 is 9.53 Å². The fraction of sp³-hybridized carbons (Fsp3) is 0.462. The molecule has 0 fully saturated rings. The minimum Gasteiger partial charge on any atom is -0.466 e. The molecular formula is C13H17Cl2NO2. The SMILES string of the molecule is CCOC(=O)CCC(N)Cc1cc(Cl)cc(Cl)c1. The number of nitrogens with two attached hydrogens (primary N) is 1. The highest BCUT2D eigenvalue weighted by Gasteiger charge is 2.09. The molecule has 0 saturated heterocycles. The summed E-state index contributed by atoms with van der Waals surface area (Å²) >= 11 is 11.8. The van der Waals surface area contributed by atoms with Crippen LogP contribution in [0.15, 0.2) is 18.2 Å². The van der Waals surface area contributed by atoms with Crippen LogP contribution in [0.3, 0.4) is 0 Å². The van der Waals surface area contributed by atoms with Gasteiger partial charge in [-0.25, -0.2) is 0 Å². The van der Waals surface area contributed by atoms with Crippen molar-refractivity contribution >= 4 is 29.2 Å². The molecule has 5 heteroatoms. The maximum Gasteiger partial charge on any atom is 0.305 e. The van der Waals surface area contributed by atoms with Gasteiger partial charge in [-0.2, -0.15) is 0 Å². The lowest BCUT2D eigenvalue weighted by Crippen LogP contribution is -2.24. The van der Waals surface area contributed by atoms with Gasteiger partial charge in [-0.05, 0) is 43.5 Å². The van der Waals surface area contributed by atoms with Crippen molar-refractivity contribution in [2.45, 2.75) is 32.2 Å². The zero-order valence-electron chi connectivity index (χ0n) is 10.3. The Morgan fingerprint density at radius 2 is 1.94 bits per heavy atom. The zero-order chi connectivity index (χ0) is 13.5. The Balaban J connectivity index is 2.44. The van der Waals surface area contributed by atoms with Gasteiger partial charge in [0.25, 0.3) is 0 Å². The molecule has 1 unspecified atom stereocenters. The number of hydrogen-bond acceptors (Lipinski definition) is 3. The average molecular weight is 290 g/mol. The maximum atomic E-state index is 11.2. The lowest BCUT2D eigenvalue weighted by atomic mass is 10.0. The van der Waals surface area contributed by atoms with Crippen molar-refractivity contribution in [3.05, 3.63) is 33.8 Å². The maximum absolute atomic E-state index is 11.2. The van der Waals surface area contributed by atoms with Crippen LogP contribution in [-0.2, 0) is 16.0 Å². The van der Waals surface area contributed by atoms with Crippen LogP contribution in [0.4, 0.5) is 0 Å². The predicted molar refractivity (Wildman–Crippen MR) is 74.0 cm³/mol. The zero-order valence-corrected chi connectivity index (χ0v) is 11.8. The van der Waals surface area contributed by atoms with E-state index in [2.05, 4.69) is 0 Å². The van der Waals surface area contributed by atoms with Gasteiger partial charge < -0.3 is 10.5 Å². The molecule has 0 saturated carbocycles. The van der Waals surface area contributed by atoms with Gasteiger partial charge in [0.2, 0.25) is 0 Å². The number of esters is 1. The summed E-state index contributed by atoms with van der Waals surface area (Å²) in [6, 6.07) is 5.23. The molecule has 0 spiro atoms. The average Bonchev–Trinajstić information content (AvgIpc) is 2.25. The smallest absolute Gasteiger partial charge is 0.305 e. The van der Waals surface area contributed by atoms with E-state index in [0.29, 0.717) is 35.9 Å². The fourth-order valence-corrected chi connectivity index (χ4v) is 2.24. The Morgan fingerprint density at radius 3 is 2.50 bits per heavy atom. The van der Waals surface area contributed by atoms with Crippen molar-refractivity contribution in [3.8, 4) is 0 Å². The molecule has 0 aromatic heterocycles. The molecule has 0 aliphatic heterocycles. The molecule has 3 nitrogen and oxygen atoms in total. The van der Waals surface area contributed by atoms with E-state index in [9.17, 15) is 4.79 Å². The molecule has 0 bridgehead atoms. The molecule has 1 aromatic carbocycles. The van der Waals surface area contributed by atoms with E-state index >= 15 is 0 Å². The highest BCUT2D eigenvalue weighted by atomic mass is 35.5. The molecule has 1 aromatic rings. The minimum atomic E-state index is -0.211. The summed E-state index contributed by atoms with van der Waals surface area (Å²) in [6.07, 6.45) is 1.56. The number of rotatable bonds is 6. The molecule has 0 aliphatic rings. The predicted octanol–water partition coefficient (Wildman–Crippen LogP) is 3.21. The molecule has 1 atom stereocenters. The molecule has 0 aliphatic carbocycles. The second kappa shape index (κ2) is 7.62. The van der Waals surface area contributed by atoms with Crippen molar-refractivity contribution in [3.63, 3.8) is 0 Å². The highest BCUT2D eigenvalue weighted by Crippen LogP contribution is 2.20. The van der Waals surface area contributed by atoms with Crippen LogP contribution in [0.2, 0.25) is 10.0 Å². The van der Waals surface area contributed by atoms with Crippen molar-refractivity contribution in [1.29, 1.82) is 0 Å². The summed E-state index contributed by atoms with van der Waals surface area (Å²) in [5.41, 5.74) is 6.93. The fourth-order valence-electron chi connectivity index (χ4n) is 1.67. The molecule has 0 heterocycles. The quantitative estimate of drug-likeness (QED) is 0.818. The topological polar surface area (TPSA) is 52.3 Å². The third-order valence-electron chi connectivity index (χ3n) is 2.44. The van der Waals surface area contributed by atoms with Gasteiger partial charge in [-0.3, -0.25) is 4.79 Å². The second-order valence-corrected chi connectivity index (χ2v) is 4.96.